The van der Waals surface area contributed by atoms with Gasteiger partial charge in [0.05, 0.1) is 16.3 Å². The van der Waals surface area contributed by atoms with Crippen molar-refractivity contribution in [2.75, 3.05) is 11.1 Å². The number of hydrogen-bond acceptors (Lipinski definition) is 5. The fraction of sp³-hybridized carbons (Fsp3) is 0.200. The molecule has 0 radical (unpaired) electrons. The van der Waals surface area contributed by atoms with Gasteiger partial charge in [0.2, 0.25) is 5.91 Å². The van der Waals surface area contributed by atoms with Crippen molar-refractivity contribution in [3.8, 4) is 0 Å². The Morgan fingerprint density at radius 3 is 2.35 bits per heavy atom. The first-order valence-electron chi connectivity index (χ1n) is 4.70. The number of benzene rings is 1. The summed E-state index contributed by atoms with van der Waals surface area (Å²) in [6.45, 7) is 2.40. The van der Waals surface area contributed by atoms with Gasteiger partial charge in [-0.25, -0.2) is 0 Å². The van der Waals surface area contributed by atoms with E-state index in [0.717, 1.165) is 6.07 Å². The molecule has 0 aliphatic rings. The number of anilines is 2. The molecule has 7 heteroatoms. The summed E-state index contributed by atoms with van der Waals surface area (Å²) in [5.41, 5.74) is 5.11. The normalized spacial score (nSPS) is 9.76. The predicted octanol–water partition coefficient (Wildman–Crippen LogP) is 1.34. The summed E-state index contributed by atoms with van der Waals surface area (Å²) in [6.07, 6.45) is 0. The van der Waals surface area contributed by atoms with E-state index in [9.17, 15) is 19.7 Å². The van der Waals surface area contributed by atoms with E-state index in [0.29, 0.717) is 0 Å². The number of Topliss-reactive ketones (excluding diaryl/α,β-unsaturated/α-hetero) is 1. The summed E-state index contributed by atoms with van der Waals surface area (Å²) in [6, 6.07) is 2.41. The summed E-state index contributed by atoms with van der Waals surface area (Å²) in [4.78, 5) is 32.5. The van der Waals surface area contributed by atoms with Crippen LogP contribution in [0.15, 0.2) is 12.1 Å². The number of nitro groups is 1. The molecule has 0 aliphatic carbocycles. The molecule has 0 bridgehead atoms. The maximum absolute atomic E-state index is 11.4. The number of amides is 1. The lowest BCUT2D eigenvalue weighted by Crippen LogP contribution is -2.13. The minimum Gasteiger partial charge on any atom is -0.397 e. The van der Waals surface area contributed by atoms with Crippen LogP contribution in [0, 0.1) is 10.1 Å². The van der Waals surface area contributed by atoms with Crippen LogP contribution >= 0.6 is 0 Å². The number of ketones is 1. The third kappa shape index (κ3) is 2.57. The molecule has 3 N–H and O–H groups in total. The number of nitrogens with zero attached hydrogens (tertiary/aromatic N) is 1. The fourth-order valence-corrected chi connectivity index (χ4v) is 1.43. The van der Waals surface area contributed by atoms with Crippen molar-refractivity contribution in [3.05, 3.63) is 27.8 Å². The van der Waals surface area contributed by atoms with Gasteiger partial charge in [-0.2, -0.15) is 0 Å². The van der Waals surface area contributed by atoms with Crippen LogP contribution in [0.1, 0.15) is 24.2 Å². The van der Waals surface area contributed by atoms with E-state index in [-0.39, 0.29) is 22.6 Å². The quantitative estimate of drug-likeness (QED) is 0.356. The van der Waals surface area contributed by atoms with Gasteiger partial charge in [-0.05, 0) is 13.0 Å². The Bertz CT molecular complexity index is 511. The Labute approximate surface area is 96.8 Å². The number of nitrogens with one attached hydrogen (secondary N) is 1. The summed E-state index contributed by atoms with van der Waals surface area (Å²) >= 11 is 0. The molecule has 0 atom stereocenters. The van der Waals surface area contributed by atoms with E-state index >= 15 is 0 Å². The molecule has 1 amide bonds. The highest BCUT2D eigenvalue weighted by molar-refractivity contribution is 6.09. The number of nitro benzene ring substituents is 1. The van der Waals surface area contributed by atoms with Crippen molar-refractivity contribution in [1.82, 2.24) is 0 Å². The lowest BCUT2D eigenvalue weighted by molar-refractivity contribution is -0.385. The second kappa shape index (κ2) is 4.60. The molecular formula is C10H11N3O4. The summed E-state index contributed by atoms with van der Waals surface area (Å²) < 4.78 is 0. The maximum atomic E-state index is 11.4. The molecule has 0 unspecified atom stereocenters. The number of hydrogen-bond donors (Lipinski definition) is 2. The van der Waals surface area contributed by atoms with E-state index in [2.05, 4.69) is 5.32 Å². The molecule has 90 valence electrons. The van der Waals surface area contributed by atoms with Gasteiger partial charge in [-0.3, -0.25) is 19.7 Å². The maximum Gasteiger partial charge on any atom is 0.282 e. The second-order valence-corrected chi connectivity index (χ2v) is 3.42. The lowest BCUT2D eigenvalue weighted by Gasteiger charge is -2.10. The average molecular weight is 237 g/mol. The monoisotopic (exact) mass is 237 g/mol. The van der Waals surface area contributed by atoms with Crippen LogP contribution in [0.4, 0.5) is 17.1 Å². The van der Waals surface area contributed by atoms with Gasteiger partial charge >= 0.3 is 0 Å². The molecular weight excluding hydrogens is 226 g/mol. The number of nitrogen functional groups attached to an aromatic ring is 1. The van der Waals surface area contributed by atoms with E-state index in [4.69, 9.17) is 5.73 Å². The van der Waals surface area contributed by atoms with Gasteiger partial charge in [0.25, 0.3) is 5.69 Å². The molecule has 0 saturated carbocycles. The molecule has 0 heterocycles. The topological polar surface area (TPSA) is 115 Å². The molecule has 0 aromatic heterocycles. The van der Waals surface area contributed by atoms with Crippen LogP contribution in [0.3, 0.4) is 0 Å². The number of rotatable bonds is 3. The van der Waals surface area contributed by atoms with Crippen LogP contribution in [0.2, 0.25) is 0 Å². The molecule has 17 heavy (non-hydrogen) atoms. The van der Waals surface area contributed by atoms with E-state index in [1.807, 2.05) is 0 Å². The molecule has 1 rings (SSSR count). The molecule has 1 aromatic rings. The van der Waals surface area contributed by atoms with Gasteiger partial charge in [0.1, 0.15) is 5.56 Å². The molecule has 1 aromatic carbocycles. The summed E-state index contributed by atoms with van der Waals surface area (Å²) in [5.74, 6) is -0.993. The average Bonchev–Trinajstić information content (AvgIpc) is 2.19. The molecule has 0 aliphatic heterocycles. The van der Waals surface area contributed by atoms with Gasteiger partial charge in [0.15, 0.2) is 5.78 Å². The predicted molar refractivity (Wildman–Crippen MR) is 61.8 cm³/mol. The Hall–Kier alpha value is -2.44. The smallest absolute Gasteiger partial charge is 0.282 e. The van der Waals surface area contributed by atoms with Crippen molar-refractivity contribution < 1.29 is 14.5 Å². The first kappa shape index (κ1) is 12.6. The van der Waals surface area contributed by atoms with Crippen molar-refractivity contribution in [2.24, 2.45) is 0 Å². The van der Waals surface area contributed by atoms with E-state index < -0.39 is 16.6 Å². The fourth-order valence-electron chi connectivity index (χ4n) is 1.43. The van der Waals surface area contributed by atoms with Crippen LogP contribution < -0.4 is 11.1 Å². The Morgan fingerprint density at radius 1 is 1.35 bits per heavy atom. The third-order valence-electron chi connectivity index (χ3n) is 2.07. The van der Waals surface area contributed by atoms with Crippen molar-refractivity contribution in [3.63, 3.8) is 0 Å². The highest BCUT2D eigenvalue weighted by atomic mass is 16.6. The highest BCUT2D eigenvalue weighted by Gasteiger charge is 2.23. The summed E-state index contributed by atoms with van der Waals surface area (Å²) in [7, 11) is 0. The van der Waals surface area contributed by atoms with Crippen LogP contribution in [0.25, 0.3) is 0 Å². The van der Waals surface area contributed by atoms with Gasteiger partial charge in [0, 0.05) is 13.0 Å². The number of carbonyl (C=O) groups is 2. The Kier molecular flexibility index (Phi) is 3.42. The largest absolute Gasteiger partial charge is 0.397 e. The lowest BCUT2D eigenvalue weighted by atomic mass is 10.1. The Balaban J connectivity index is 3.54. The zero-order chi connectivity index (χ0) is 13.2. The van der Waals surface area contributed by atoms with Gasteiger partial charge in [-0.1, -0.05) is 0 Å². The minimum absolute atomic E-state index is 0.0146. The van der Waals surface area contributed by atoms with Crippen molar-refractivity contribution in [2.45, 2.75) is 13.8 Å². The Morgan fingerprint density at radius 2 is 1.94 bits per heavy atom. The molecule has 0 spiro atoms. The molecule has 0 fully saturated rings. The molecule has 7 nitrogen and oxygen atoms in total. The van der Waals surface area contributed by atoms with E-state index in [1.54, 1.807) is 0 Å². The standard InChI is InChI=1S/C10H11N3O4/c1-5(14)9-8(13(16)17)4-3-7(11)10(9)12-6(2)15/h3-4H,11H2,1-2H3,(H,12,15). The van der Waals surface area contributed by atoms with E-state index in [1.165, 1.54) is 19.9 Å². The van der Waals surface area contributed by atoms with Gasteiger partial charge in [-0.15, -0.1) is 0 Å². The minimum atomic E-state index is -0.693. The zero-order valence-electron chi connectivity index (χ0n) is 9.31. The van der Waals surface area contributed by atoms with Crippen LogP contribution in [-0.2, 0) is 4.79 Å². The number of carbonyl (C=O) groups excluding carboxylic acids is 2. The summed E-state index contributed by atoms with van der Waals surface area (Å²) in [5, 5.41) is 13.1. The van der Waals surface area contributed by atoms with Crippen LogP contribution in [-0.4, -0.2) is 16.6 Å². The van der Waals surface area contributed by atoms with Crippen LogP contribution in [0.5, 0.6) is 0 Å². The van der Waals surface area contributed by atoms with Crippen molar-refractivity contribution >= 4 is 28.8 Å². The number of nitrogens with two attached hydrogens (primary N) is 1. The molecule has 0 saturated heterocycles. The SMILES string of the molecule is CC(=O)Nc1c(N)ccc([N+](=O)[O-])c1C(C)=O. The highest BCUT2D eigenvalue weighted by Crippen LogP contribution is 2.32. The van der Waals surface area contributed by atoms with Crippen molar-refractivity contribution in [1.29, 1.82) is 0 Å². The third-order valence-corrected chi connectivity index (χ3v) is 2.07. The van der Waals surface area contributed by atoms with Gasteiger partial charge < -0.3 is 11.1 Å². The zero-order valence-corrected chi connectivity index (χ0v) is 9.31. The first-order chi connectivity index (χ1) is 7.84. The first-order valence-corrected chi connectivity index (χ1v) is 4.70. The second-order valence-electron chi connectivity index (χ2n) is 3.42.